The fourth-order valence-electron chi connectivity index (χ4n) is 3.52. The second-order valence-corrected chi connectivity index (χ2v) is 8.59. The molecule has 0 bridgehead atoms. The minimum absolute atomic E-state index is 0.0238. The summed E-state index contributed by atoms with van der Waals surface area (Å²) in [7, 11) is 1.34. The summed E-state index contributed by atoms with van der Waals surface area (Å²) in [5.41, 5.74) is -1.24. The molecule has 7 nitrogen and oxygen atoms in total. The number of aromatic nitrogens is 1. The van der Waals surface area contributed by atoms with Crippen molar-refractivity contribution < 1.29 is 28.6 Å². The first-order valence-electron chi connectivity index (χ1n) is 10.1. The number of halogens is 2. The van der Waals surface area contributed by atoms with Crippen LogP contribution in [-0.4, -0.2) is 47.6 Å². The highest BCUT2D eigenvalue weighted by Crippen LogP contribution is 2.33. The first-order valence-corrected chi connectivity index (χ1v) is 10.5. The number of pyridine rings is 1. The molecule has 0 fully saturated rings. The first kappa shape index (κ1) is 25.5. The third-order valence-corrected chi connectivity index (χ3v) is 5.41. The fraction of sp³-hybridized carbons (Fsp3) is 0.435. The zero-order valence-electron chi connectivity index (χ0n) is 18.7. The van der Waals surface area contributed by atoms with Crippen molar-refractivity contribution in [3.05, 3.63) is 52.6 Å². The molecule has 0 spiro atoms. The van der Waals surface area contributed by atoms with E-state index in [1.54, 1.807) is 19.1 Å². The van der Waals surface area contributed by atoms with E-state index in [4.69, 9.17) is 21.1 Å². The van der Waals surface area contributed by atoms with E-state index >= 15 is 0 Å². The molecule has 2 N–H and O–H groups in total. The predicted octanol–water partition coefficient (Wildman–Crippen LogP) is 4.12. The molecule has 1 aromatic heterocycles. The van der Waals surface area contributed by atoms with Crippen molar-refractivity contribution in [3.8, 4) is 11.5 Å². The van der Waals surface area contributed by atoms with Gasteiger partial charge in [0.2, 0.25) is 0 Å². The lowest BCUT2D eigenvalue weighted by Crippen LogP contribution is -2.52. The molecular weight excluding hydrogens is 439 g/mol. The summed E-state index contributed by atoms with van der Waals surface area (Å²) in [5, 5.41) is 13.0. The first-order chi connectivity index (χ1) is 15.0. The number of nitrogens with one attached hydrogen (secondary N) is 1. The van der Waals surface area contributed by atoms with Crippen molar-refractivity contribution in [1.82, 2.24) is 10.3 Å². The van der Waals surface area contributed by atoms with Crippen LogP contribution in [0.25, 0.3) is 0 Å². The second-order valence-electron chi connectivity index (χ2n) is 8.15. The monoisotopic (exact) mass is 466 g/mol. The molecule has 2 rings (SSSR count). The SMILES string of the molecule is COc1ccnc(C(=O)N[C@](C)(C=O)CO[C@@H](C)[C@H](c2ccc(Cl)cc2F)C(C)C)c1O. The third kappa shape index (κ3) is 5.95. The number of hydrogen-bond acceptors (Lipinski definition) is 6. The standard InChI is InChI=1S/C23H28ClFN2O5/c1-13(2)19(16-7-6-15(24)10-17(16)25)14(3)32-12-23(4,11-28)27-22(30)20-21(29)18(31-5)8-9-26-20/h6-11,13-14,19,29H,12H2,1-5H3,(H,27,30)/t14-,19+,23+/m0/s1. The lowest BCUT2D eigenvalue weighted by atomic mass is 9.84. The Morgan fingerprint density at radius 2 is 2.03 bits per heavy atom. The summed E-state index contributed by atoms with van der Waals surface area (Å²) in [6.45, 7) is 6.97. The molecule has 0 saturated carbocycles. The van der Waals surface area contributed by atoms with Gasteiger partial charge in [0.25, 0.3) is 5.91 Å². The van der Waals surface area contributed by atoms with Gasteiger partial charge in [-0.1, -0.05) is 31.5 Å². The topological polar surface area (TPSA) is 97.8 Å². The summed E-state index contributed by atoms with van der Waals surface area (Å²) in [5.74, 6) is -1.85. The number of hydrogen-bond donors (Lipinski definition) is 2. The highest BCUT2D eigenvalue weighted by molar-refractivity contribution is 6.30. The molecule has 0 aliphatic heterocycles. The van der Waals surface area contributed by atoms with Crippen LogP contribution in [0.5, 0.6) is 11.5 Å². The number of aldehydes is 1. The van der Waals surface area contributed by atoms with Crippen LogP contribution in [0.4, 0.5) is 4.39 Å². The average molecular weight is 467 g/mol. The van der Waals surface area contributed by atoms with Crippen LogP contribution in [0.15, 0.2) is 30.5 Å². The molecule has 0 radical (unpaired) electrons. The zero-order chi connectivity index (χ0) is 24.1. The van der Waals surface area contributed by atoms with Crippen molar-refractivity contribution in [2.24, 2.45) is 5.92 Å². The van der Waals surface area contributed by atoms with Gasteiger partial charge in [0, 0.05) is 23.2 Å². The summed E-state index contributed by atoms with van der Waals surface area (Å²) in [6.07, 6.45) is 1.37. The van der Waals surface area contributed by atoms with Gasteiger partial charge in [0.1, 0.15) is 17.6 Å². The lowest BCUT2D eigenvalue weighted by Gasteiger charge is -2.32. The third-order valence-electron chi connectivity index (χ3n) is 5.17. The number of methoxy groups -OCH3 is 1. The molecule has 1 aromatic carbocycles. The smallest absolute Gasteiger partial charge is 0.274 e. The Labute approximate surface area is 191 Å². The Morgan fingerprint density at radius 3 is 2.59 bits per heavy atom. The average Bonchev–Trinajstić information content (AvgIpc) is 2.74. The van der Waals surface area contributed by atoms with Gasteiger partial charge < -0.3 is 24.7 Å². The number of benzene rings is 1. The van der Waals surface area contributed by atoms with E-state index in [1.165, 1.54) is 32.4 Å². The van der Waals surface area contributed by atoms with E-state index < -0.39 is 29.1 Å². The molecule has 1 heterocycles. The largest absolute Gasteiger partial charge is 0.503 e. The van der Waals surface area contributed by atoms with Crippen LogP contribution < -0.4 is 10.1 Å². The van der Waals surface area contributed by atoms with E-state index in [-0.39, 0.29) is 29.9 Å². The fourth-order valence-corrected chi connectivity index (χ4v) is 3.68. The Morgan fingerprint density at radius 1 is 1.34 bits per heavy atom. The molecule has 32 heavy (non-hydrogen) atoms. The quantitative estimate of drug-likeness (QED) is 0.511. The Kier molecular flexibility index (Phi) is 8.58. The number of carbonyl (C=O) groups excluding carboxylic acids is 2. The van der Waals surface area contributed by atoms with Gasteiger partial charge in [-0.05, 0) is 37.5 Å². The molecular formula is C23H28ClFN2O5. The van der Waals surface area contributed by atoms with E-state index in [0.29, 0.717) is 16.9 Å². The van der Waals surface area contributed by atoms with Gasteiger partial charge >= 0.3 is 0 Å². The predicted molar refractivity (Wildman–Crippen MR) is 119 cm³/mol. The van der Waals surface area contributed by atoms with Crippen LogP contribution in [-0.2, 0) is 9.53 Å². The maximum atomic E-state index is 14.5. The highest BCUT2D eigenvalue weighted by atomic mass is 35.5. The van der Waals surface area contributed by atoms with Crippen molar-refractivity contribution in [1.29, 1.82) is 0 Å². The zero-order valence-corrected chi connectivity index (χ0v) is 19.4. The molecule has 0 aliphatic carbocycles. The minimum atomic E-state index is -1.41. The van der Waals surface area contributed by atoms with Gasteiger partial charge in [-0.2, -0.15) is 0 Å². The lowest BCUT2D eigenvalue weighted by molar-refractivity contribution is -0.116. The van der Waals surface area contributed by atoms with Crippen LogP contribution in [0.3, 0.4) is 0 Å². The number of amides is 1. The molecule has 9 heteroatoms. The number of ether oxygens (including phenoxy) is 2. The Bertz CT molecular complexity index is 971. The molecule has 0 aliphatic rings. The van der Waals surface area contributed by atoms with Gasteiger partial charge in [0.15, 0.2) is 17.2 Å². The molecule has 0 unspecified atom stereocenters. The molecule has 174 valence electrons. The van der Waals surface area contributed by atoms with Crippen LogP contribution in [0.2, 0.25) is 5.02 Å². The summed E-state index contributed by atoms with van der Waals surface area (Å²) >= 11 is 5.87. The maximum absolute atomic E-state index is 14.5. The molecule has 1 amide bonds. The van der Waals surface area contributed by atoms with Crippen LogP contribution in [0.1, 0.15) is 49.7 Å². The van der Waals surface area contributed by atoms with E-state index in [9.17, 15) is 19.1 Å². The molecule has 0 saturated heterocycles. The minimum Gasteiger partial charge on any atom is -0.503 e. The van der Waals surface area contributed by atoms with Crippen molar-refractivity contribution in [2.75, 3.05) is 13.7 Å². The van der Waals surface area contributed by atoms with Gasteiger partial charge in [-0.25, -0.2) is 9.37 Å². The molecule has 3 atom stereocenters. The Balaban J connectivity index is 2.16. The van der Waals surface area contributed by atoms with Crippen LogP contribution in [0, 0.1) is 11.7 Å². The highest BCUT2D eigenvalue weighted by Gasteiger charge is 2.32. The summed E-state index contributed by atoms with van der Waals surface area (Å²) in [4.78, 5) is 28.3. The maximum Gasteiger partial charge on any atom is 0.274 e. The second kappa shape index (κ2) is 10.7. The van der Waals surface area contributed by atoms with E-state index in [1.807, 2.05) is 13.8 Å². The van der Waals surface area contributed by atoms with E-state index in [0.717, 1.165) is 0 Å². The number of carbonyl (C=O) groups is 2. The Hall–Kier alpha value is -2.71. The normalized spacial score (nSPS) is 15.0. The van der Waals surface area contributed by atoms with Crippen molar-refractivity contribution >= 4 is 23.8 Å². The number of aromatic hydroxyl groups is 1. The van der Waals surface area contributed by atoms with Crippen molar-refractivity contribution in [2.45, 2.75) is 45.3 Å². The van der Waals surface area contributed by atoms with Gasteiger partial charge in [-0.15, -0.1) is 0 Å². The van der Waals surface area contributed by atoms with Crippen molar-refractivity contribution in [3.63, 3.8) is 0 Å². The number of nitrogens with zero attached hydrogens (tertiary/aromatic N) is 1. The van der Waals surface area contributed by atoms with Gasteiger partial charge in [0.05, 0.1) is 19.8 Å². The number of rotatable bonds is 10. The van der Waals surface area contributed by atoms with Crippen LogP contribution >= 0.6 is 11.6 Å². The van der Waals surface area contributed by atoms with Gasteiger partial charge in [-0.3, -0.25) is 4.79 Å². The van der Waals surface area contributed by atoms with E-state index in [2.05, 4.69) is 10.3 Å². The summed E-state index contributed by atoms with van der Waals surface area (Å²) < 4.78 is 25.4. The molecule has 2 aromatic rings. The summed E-state index contributed by atoms with van der Waals surface area (Å²) in [6, 6.07) is 5.89.